The summed E-state index contributed by atoms with van der Waals surface area (Å²) in [5.74, 6) is 0.925. The van der Waals surface area contributed by atoms with Gasteiger partial charge in [0.1, 0.15) is 6.54 Å². The van der Waals surface area contributed by atoms with Gasteiger partial charge in [-0.25, -0.2) is 4.79 Å². The number of aromatic nitrogens is 2. The van der Waals surface area contributed by atoms with Crippen molar-refractivity contribution in [2.45, 2.75) is 25.9 Å². The molecule has 1 aromatic heterocycles. The second-order valence-electron chi connectivity index (χ2n) is 8.51. The van der Waals surface area contributed by atoms with E-state index < -0.39 is 5.69 Å². The maximum Gasteiger partial charge on any atom is 0.331 e. The number of carbonyl (C=O) groups is 1. The summed E-state index contributed by atoms with van der Waals surface area (Å²) in [4.78, 5) is 39.3. The fraction of sp³-hybridized carbons (Fsp3) is 0.250. The van der Waals surface area contributed by atoms with E-state index in [0.29, 0.717) is 46.8 Å². The second kappa shape index (κ2) is 11.8. The van der Waals surface area contributed by atoms with Gasteiger partial charge in [0.05, 0.1) is 25.1 Å². The molecule has 0 spiro atoms. The fourth-order valence-corrected chi connectivity index (χ4v) is 4.32. The van der Waals surface area contributed by atoms with E-state index in [0.717, 1.165) is 11.1 Å². The van der Waals surface area contributed by atoms with Crippen molar-refractivity contribution in [2.24, 2.45) is 0 Å². The average Bonchev–Trinajstić information content (AvgIpc) is 2.92. The van der Waals surface area contributed by atoms with Gasteiger partial charge in [0, 0.05) is 18.1 Å². The minimum atomic E-state index is -0.521. The zero-order valence-electron chi connectivity index (χ0n) is 20.7. The van der Waals surface area contributed by atoms with Crippen LogP contribution in [0.1, 0.15) is 11.1 Å². The lowest BCUT2D eigenvalue weighted by molar-refractivity contribution is -0.121. The highest BCUT2D eigenvalue weighted by Gasteiger charge is 2.15. The van der Waals surface area contributed by atoms with Crippen LogP contribution in [0, 0.1) is 0 Å². The first kappa shape index (κ1) is 26.0. The lowest BCUT2D eigenvalue weighted by Gasteiger charge is -2.14. The summed E-state index contributed by atoms with van der Waals surface area (Å²) in [6, 6.07) is 19.7. The van der Waals surface area contributed by atoms with Crippen molar-refractivity contribution < 1.29 is 14.3 Å². The molecule has 0 aliphatic carbocycles. The van der Waals surface area contributed by atoms with Crippen LogP contribution < -0.4 is 26.0 Å². The molecule has 37 heavy (non-hydrogen) atoms. The molecule has 0 radical (unpaired) electrons. The topological polar surface area (TPSA) is 91.6 Å². The standard InChI is InChI=1S/C28H28ClN3O5/c1-36-24-12-9-20(17-25(24)37-2)13-15-30-26(33)18-32-23-6-4-3-5-22(23)27(34)31(28(32)35)16-14-19-7-10-21(29)11-8-19/h3-12,17H,13-16,18H2,1-2H3,(H,30,33). The number of rotatable bonds is 10. The summed E-state index contributed by atoms with van der Waals surface area (Å²) in [6.07, 6.45) is 1.05. The number of halogens is 1. The summed E-state index contributed by atoms with van der Waals surface area (Å²) >= 11 is 5.95. The van der Waals surface area contributed by atoms with Crippen LogP contribution in [0.15, 0.2) is 76.3 Å². The van der Waals surface area contributed by atoms with Crippen LogP contribution in [0.25, 0.3) is 10.9 Å². The number of ether oxygens (including phenoxy) is 2. The molecule has 4 aromatic rings. The van der Waals surface area contributed by atoms with E-state index in [1.165, 1.54) is 9.13 Å². The Hall–Kier alpha value is -4.04. The molecule has 0 unspecified atom stereocenters. The molecule has 1 amide bonds. The number of fused-ring (bicyclic) bond motifs is 1. The van der Waals surface area contributed by atoms with E-state index in [1.807, 2.05) is 30.3 Å². The first-order valence-electron chi connectivity index (χ1n) is 11.9. The SMILES string of the molecule is COc1ccc(CCNC(=O)Cn2c(=O)n(CCc3ccc(Cl)cc3)c(=O)c3ccccc32)cc1OC. The van der Waals surface area contributed by atoms with Gasteiger partial charge in [-0.3, -0.25) is 18.7 Å². The minimum absolute atomic E-state index is 0.186. The monoisotopic (exact) mass is 521 g/mol. The van der Waals surface area contributed by atoms with Gasteiger partial charge in [0.2, 0.25) is 5.91 Å². The molecule has 192 valence electrons. The summed E-state index contributed by atoms with van der Waals surface area (Å²) in [6.45, 7) is 0.356. The molecule has 3 aromatic carbocycles. The number of amides is 1. The molecular weight excluding hydrogens is 494 g/mol. The smallest absolute Gasteiger partial charge is 0.331 e. The van der Waals surface area contributed by atoms with Crippen molar-refractivity contribution >= 4 is 28.4 Å². The molecule has 0 aliphatic heterocycles. The third-order valence-electron chi connectivity index (χ3n) is 6.16. The summed E-state index contributed by atoms with van der Waals surface area (Å²) in [7, 11) is 3.14. The molecule has 0 bridgehead atoms. The van der Waals surface area contributed by atoms with Gasteiger partial charge >= 0.3 is 5.69 Å². The van der Waals surface area contributed by atoms with Gasteiger partial charge < -0.3 is 14.8 Å². The molecule has 4 rings (SSSR count). The molecule has 0 fully saturated rings. The number of hydrogen-bond donors (Lipinski definition) is 1. The molecule has 0 atom stereocenters. The first-order chi connectivity index (χ1) is 17.9. The third kappa shape index (κ3) is 6.03. The highest BCUT2D eigenvalue weighted by molar-refractivity contribution is 6.30. The van der Waals surface area contributed by atoms with Crippen LogP contribution in [0.2, 0.25) is 5.02 Å². The van der Waals surface area contributed by atoms with Crippen LogP contribution >= 0.6 is 11.6 Å². The van der Waals surface area contributed by atoms with Crippen molar-refractivity contribution in [3.05, 3.63) is 104 Å². The van der Waals surface area contributed by atoms with Gasteiger partial charge in [0.15, 0.2) is 11.5 Å². The predicted molar refractivity (Wildman–Crippen MR) is 144 cm³/mol. The number of hydrogen-bond acceptors (Lipinski definition) is 5. The maximum atomic E-state index is 13.3. The summed E-state index contributed by atoms with van der Waals surface area (Å²) in [5.41, 5.74) is 1.45. The predicted octanol–water partition coefficient (Wildman–Crippen LogP) is 3.44. The Balaban J connectivity index is 1.51. The number of nitrogens with zero attached hydrogens (tertiary/aromatic N) is 2. The van der Waals surface area contributed by atoms with Crippen LogP contribution in [-0.4, -0.2) is 35.8 Å². The number of benzene rings is 3. The molecule has 1 heterocycles. The largest absolute Gasteiger partial charge is 0.493 e. The van der Waals surface area contributed by atoms with Crippen molar-refractivity contribution in [1.82, 2.24) is 14.5 Å². The van der Waals surface area contributed by atoms with Crippen LogP contribution in [0.4, 0.5) is 0 Å². The Labute approximate surface area is 219 Å². The quantitative estimate of drug-likeness (QED) is 0.345. The molecule has 0 aliphatic rings. The van der Waals surface area contributed by atoms with Crippen molar-refractivity contribution in [3.8, 4) is 11.5 Å². The van der Waals surface area contributed by atoms with Crippen LogP contribution in [0.3, 0.4) is 0 Å². The lowest BCUT2D eigenvalue weighted by atomic mass is 10.1. The van der Waals surface area contributed by atoms with Crippen LogP contribution in [-0.2, 0) is 30.7 Å². The van der Waals surface area contributed by atoms with Gasteiger partial charge in [0.25, 0.3) is 5.56 Å². The minimum Gasteiger partial charge on any atom is -0.493 e. The molecule has 8 nitrogen and oxygen atoms in total. The molecule has 0 saturated carbocycles. The van der Waals surface area contributed by atoms with E-state index >= 15 is 0 Å². The van der Waals surface area contributed by atoms with E-state index in [-0.39, 0.29) is 24.6 Å². The van der Waals surface area contributed by atoms with Gasteiger partial charge in [-0.15, -0.1) is 0 Å². The molecular formula is C28H28ClN3O5. The Morgan fingerprint density at radius 3 is 2.30 bits per heavy atom. The first-order valence-corrected chi connectivity index (χ1v) is 12.2. The normalized spacial score (nSPS) is 10.9. The van der Waals surface area contributed by atoms with Crippen molar-refractivity contribution in [1.29, 1.82) is 0 Å². The Morgan fingerprint density at radius 1 is 0.865 bits per heavy atom. The lowest BCUT2D eigenvalue weighted by Crippen LogP contribution is -2.43. The van der Waals surface area contributed by atoms with E-state index in [1.54, 1.807) is 50.6 Å². The number of nitrogens with one attached hydrogen (secondary N) is 1. The number of para-hydroxylation sites is 1. The summed E-state index contributed by atoms with van der Waals surface area (Å²) < 4.78 is 13.1. The Kier molecular flexibility index (Phi) is 8.30. The van der Waals surface area contributed by atoms with Crippen LogP contribution in [0.5, 0.6) is 11.5 Å². The number of carbonyl (C=O) groups excluding carboxylic acids is 1. The zero-order chi connectivity index (χ0) is 26.4. The summed E-state index contributed by atoms with van der Waals surface area (Å²) in [5, 5.41) is 3.87. The highest BCUT2D eigenvalue weighted by Crippen LogP contribution is 2.27. The second-order valence-corrected chi connectivity index (χ2v) is 8.94. The molecule has 1 N–H and O–H groups in total. The molecule has 9 heteroatoms. The van der Waals surface area contributed by atoms with Crippen molar-refractivity contribution in [3.63, 3.8) is 0 Å². The zero-order valence-corrected chi connectivity index (χ0v) is 21.5. The Bertz CT molecular complexity index is 1530. The third-order valence-corrected chi connectivity index (χ3v) is 6.41. The van der Waals surface area contributed by atoms with Gasteiger partial charge in [-0.1, -0.05) is 41.9 Å². The van der Waals surface area contributed by atoms with Gasteiger partial charge in [-0.05, 0) is 60.4 Å². The van der Waals surface area contributed by atoms with Crippen molar-refractivity contribution in [2.75, 3.05) is 20.8 Å². The maximum absolute atomic E-state index is 13.3. The fourth-order valence-electron chi connectivity index (χ4n) is 4.19. The average molecular weight is 522 g/mol. The van der Waals surface area contributed by atoms with E-state index in [2.05, 4.69) is 5.32 Å². The van der Waals surface area contributed by atoms with E-state index in [4.69, 9.17) is 21.1 Å². The molecule has 0 saturated heterocycles. The van der Waals surface area contributed by atoms with E-state index in [9.17, 15) is 14.4 Å². The van der Waals surface area contributed by atoms with Gasteiger partial charge in [-0.2, -0.15) is 0 Å². The number of aryl methyl sites for hydroxylation is 1. The number of methoxy groups -OCH3 is 2. The highest BCUT2D eigenvalue weighted by atomic mass is 35.5. The Morgan fingerprint density at radius 2 is 1.57 bits per heavy atom.